The van der Waals surface area contributed by atoms with Crippen LogP contribution in [0.25, 0.3) is 0 Å². The SMILES string of the molecule is CNC(=O)CCP(CCC(=O)NC)CCC(=O)NC. The first-order chi connectivity index (χ1) is 9.03. The van der Waals surface area contributed by atoms with E-state index >= 15 is 0 Å². The van der Waals surface area contributed by atoms with Gasteiger partial charge < -0.3 is 16.0 Å². The highest BCUT2D eigenvalue weighted by atomic mass is 31.1. The van der Waals surface area contributed by atoms with E-state index in [1.807, 2.05) is 0 Å². The normalized spacial score (nSPS) is 10.1. The Hall–Kier alpha value is -1.16. The van der Waals surface area contributed by atoms with E-state index in [4.69, 9.17) is 0 Å². The lowest BCUT2D eigenvalue weighted by atomic mass is 10.4. The quantitative estimate of drug-likeness (QED) is 0.517. The van der Waals surface area contributed by atoms with Crippen LogP contribution in [0.5, 0.6) is 0 Å². The van der Waals surface area contributed by atoms with Gasteiger partial charge in [-0.15, -0.1) is 7.92 Å². The predicted molar refractivity (Wildman–Crippen MR) is 77.6 cm³/mol. The maximum atomic E-state index is 11.2. The first kappa shape index (κ1) is 17.8. The van der Waals surface area contributed by atoms with Gasteiger partial charge in [0.25, 0.3) is 0 Å². The summed E-state index contributed by atoms with van der Waals surface area (Å²) in [5.41, 5.74) is 0. The van der Waals surface area contributed by atoms with Crippen molar-refractivity contribution in [1.29, 1.82) is 0 Å². The van der Waals surface area contributed by atoms with Gasteiger partial charge >= 0.3 is 0 Å². The average molecular weight is 289 g/mol. The van der Waals surface area contributed by atoms with Gasteiger partial charge in [0.2, 0.25) is 17.7 Å². The van der Waals surface area contributed by atoms with Crippen molar-refractivity contribution in [1.82, 2.24) is 16.0 Å². The van der Waals surface area contributed by atoms with Gasteiger partial charge in [-0.2, -0.15) is 0 Å². The second-order valence-electron chi connectivity index (χ2n) is 4.11. The number of hydrogen-bond acceptors (Lipinski definition) is 3. The number of nitrogens with one attached hydrogen (secondary N) is 3. The first-order valence-corrected chi connectivity index (χ1v) is 8.27. The molecule has 7 heteroatoms. The van der Waals surface area contributed by atoms with Crippen LogP contribution in [-0.4, -0.2) is 57.4 Å². The maximum absolute atomic E-state index is 11.2. The van der Waals surface area contributed by atoms with Crippen molar-refractivity contribution in [2.24, 2.45) is 0 Å². The van der Waals surface area contributed by atoms with Crippen molar-refractivity contribution in [3.05, 3.63) is 0 Å². The molecule has 0 aliphatic carbocycles. The molecule has 0 radical (unpaired) electrons. The standard InChI is InChI=1S/C12H24N3O3P/c1-13-10(16)4-7-19(8-5-11(17)14-2)9-6-12(18)15-3/h4-9H2,1-3H3,(H,13,16)(H,14,17)(H,15,18). The summed E-state index contributed by atoms with van der Waals surface area (Å²) in [6.45, 7) is 0. The van der Waals surface area contributed by atoms with E-state index in [1.54, 1.807) is 21.1 Å². The summed E-state index contributed by atoms with van der Waals surface area (Å²) in [5, 5.41) is 7.76. The third-order valence-corrected chi connectivity index (χ3v) is 5.37. The van der Waals surface area contributed by atoms with Crippen molar-refractivity contribution >= 4 is 25.6 Å². The number of carbonyl (C=O) groups is 3. The summed E-state index contributed by atoms with van der Waals surface area (Å²) in [7, 11) is 4.37. The van der Waals surface area contributed by atoms with Crippen molar-refractivity contribution in [3.63, 3.8) is 0 Å². The molecule has 0 saturated carbocycles. The zero-order valence-electron chi connectivity index (χ0n) is 11.9. The molecule has 0 aromatic heterocycles. The van der Waals surface area contributed by atoms with E-state index in [0.29, 0.717) is 19.3 Å². The number of amides is 3. The highest BCUT2D eigenvalue weighted by Gasteiger charge is 2.13. The molecule has 6 nitrogen and oxygen atoms in total. The third-order valence-electron chi connectivity index (χ3n) is 2.80. The molecule has 0 atom stereocenters. The Morgan fingerprint density at radius 1 is 0.684 bits per heavy atom. The van der Waals surface area contributed by atoms with Crippen molar-refractivity contribution < 1.29 is 14.4 Å². The lowest BCUT2D eigenvalue weighted by Gasteiger charge is -2.16. The first-order valence-electron chi connectivity index (χ1n) is 6.37. The molecule has 0 aromatic rings. The minimum Gasteiger partial charge on any atom is -0.359 e. The van der Waals surface area contributed by atoms with Gasteiger partial charge in [0, 0.05) is 40.4 Å². The summed E-state index contributed by atoms with van der Waals surface area (Å²) >= 11 is 0. The highest BCUT2D eigenvalue weighted by molar-refractivity contribution is 7.57. The number of carbonyl (C=O) groups excluding carboxylic acids is 3. The van der Waals surface area contributed by atoms with Gasteiger partial charge in [-0.1, -0.05) is 0 Å². The molecule has 110 valence electrons. The summed E-state index contributed by atoms with van der Waals surface area (Å²) in [6.07, 6.45) is 3.69. The van der Waals surface area contributed by atoms with Crippen LogP contribution in [-0.2, 0) is 14.4 Å². The Morgan fingerprint density at radius 3 is 1.16 bits per heavy atom. The predicted octanol–water partition coefficient (Wildman–Crippen LogP) is -0.123. The lowest BCUT2D eigenvalue weighted by Crippen LogP contribution is -2.22. The van der Waals surface area contributed by atoms with Crippen LogP contribution >= 0.6 is 7.92 Å². The Labute approximate surface area is 115 Å². The molecular weight excluding hydrogens is 265 g/mol. The van der Waals surface area contributed by atoms with E-state index in [1.165, 1.54) is 0 Å². The van der Waals surface area contributed by atoms with Crippen LogP contribution in [0.4, 0.5) is 0 Å². The molecule has 0 aliphatic heterocycles. The lowest BCUT2D eigenvalue weighted by molar-refractivity contribution is -0.120. The number of hydrogen-bond donors (Lipinski definition) is 3. The van der Waals surface area contributed by atoms with E-state index < -0.39 is 7.92 Å². The van der Waals surface area contributed by atoms with E-state index in [9.17, 15) is 14.4 Å². The molecule has 0 fully saturated rings. The zero-order valence-corrected chi connectivity index (χ0v) is 12.8. The maximum Gasteiger partial charge on any atom is 0.220 e. The zero-order chi connectivity index (χ0) is 14.7. The van der Waals surface area contributed by atoms with Crippen molar-refractivity contribution in [2.75, 3.05) is 39.6 Å². The van der Waals surface area contributed by atoms with Gasteiger partial charge in [-0.3, -0.25) is 14.4 Å². The van der Waals surface area contributed by atoms with Crippen LogP contribution in [0.1, 0.15) is 19.3 Å². The van der Waals surface area contributed by atoms with Crippen molar-refractivity contribution in [2.45, 2.75) is 19.3 Å². The second kappa shape index (κ2) is 10.7. The molecule has 19 heavy (non-hydrogen) atoms. The molecule has 0 rings (SSSR count). The van der Waals surface area contributed by atoms with Crippen LogP contribution in [0.15, 0.2) is 0 Å². The monoisotopic (exact) mass is 289 g/mol. The average Bonchev–Trinajstić information content (AvgIpc) is 2.44. The van der Waals surface area contributed by atoms with E-state index in [2.05, 4.69) is 16.0 Å². The molecule has 3 amide bonds. The topological polar surface area (TPSA) is 87.3 Å². The minimum atomic E-state index is -0.458. The van der Waals surface area contributed by atoms with Gasteiger partial charge in [0.15, 0.2) is 0 Å². The fraction of sp³-hybridized carbons (Fsp3) is 0.750. The smallest absolute Gasteiger partial charge is 0.220 e. The highest BCUT2D eigenvalue weighted by Crippen LogP contribution is 2.37. The minimum absolute atomic E-state index is 0.00684. The molecule has 0 aliphatic rings. The molecule has 3 N–H and O–H groups in total. The third kappa shape index (κ3) is 9.42. The Morgan fingerprint density at radius 2 is 0.947 bits per heavy atom. The molecule has 0 spiro atoms. The largest absolute Gasteiger partial charge is 0.359 e. The van der Waals surface area contributed by atoms with Gasteiger partial charge in [-0.25, -0.2) is 0 Å². The summed E-state index contributed by atoms with van der Waals surface area (Å²) in [4.78, 5) is 33.7. The Kier molecular flexibility index (Phi) is 10.1. The van der Waals surface area contributed by atoms with Crippen LogP contribution in [0, 0.1) is 0 Å². The van der Waals surface area contributed by atoms with E-state index in [0.717, 1.165) is 18.5 Å². The summed E-state index contributed by atoms with van der Waals surface area (Å²) in [5.74, 6) is 0.0205. The summed E-state index contributed by atoms with van der Waals surface area (Å²) in [6, 6.07) is 0. The van der Waals surface area contributed by atoms with E-state index in [-0.39, 0.29) is 17.7 Å². The van der Waals surface area contributed by atoms with Gasteiger partial charge in [-0.05, 0) is 18.5 Å². The second-order valence-corrected chi connectivity index (χ2v) is 6.79. The van der Waals surface area contributed by atoms with Gasteiger partial charge in [0.1, 0.15) is 0 Å². The number of rotatable bonds is 9. The molecular formula is C12H24N3O3P. The molecule has 0 heterocycles. The fourth-order valence-electron chi connectivity index (χ4n) is 1.49. The molecule has 0 unspecified atom stereocenters. The molecule has 0 bridgehead atoms. The summed E-state index contributed by atoms with van der Waals surface area (Å²) < 4.78 is 0. The van der Waals surface area contributed by atoms with Crippen LogP contribution in [0.2, 0.25) is 0 Å². The van der Waals surface area contributed by atoms with Gasteiger partial charge in [0.05, 0.1) is 0 Å². The molecule has 0 aromatic carbocycles. The van der Waals surface area contributed by atoms with Crippen molar-refractivity contribution in [3.8, 4) is 0 Å². The van der Waals surface area contributed by atoms with Crippen LogP contribution < -0.4 is 16.0 Å². The van der Waals surface area contributed by atoms with Crippen LogP contribution in [0.3, 0.4) is 0 Å². The molecule has 0 saturated heterocycles. The fourth-order valence-corrected chi connectivity index (χ4v) is 3.72. The Bertz CT molecular complexity index is 263. The Balaban J connectivity index is 4.16.